The van der Waals surface area contributed by atoms with Crippen LogP contribution in [-0.4, -0.2) is 87.4 Å². The number of carbonyl (C=O) groups is 3. The Labute approximate surface area is 420 Å². The normalized spacial score (nSPS) is 13.9. The van der Waals surface area contributed by atoms with E-state index in [9.17, 15) is 19.5 Å². The Bertz CT molecular complexity index is 1590. The number of likely N-dealkylation sites (N-methyl/N-ethyl adjacent to an activating group) is 1. The summed E-state index contributed by atoms with van der Waals surface area (Å²) >= 11 is 0. The fourth-order valence-electron chi connectivity index (χ4n) is 6.37. The third kappa shape index (κ3) is 51.1. The zero-order chi connectivity index (χ0) is 50.6. The molecule has 0 aromatic rings. The van der Waals surface area contributed by atoms with Crippen LogP contribution in [-0.2, 0) is 33.3 Å². The Kier molecular flexibility index (Phi) is 46.5. The van der Waals surface area contributed by atoms with Crippen molar-refractivity contribution in [2.45, 2.75) is 180 Å². The zero-order valence-corrected chi connectivity index (χ0v) is 43.9. The largest absolute Gasteiger partial charge is 0.477 e. The number of unbranched alkanes of at least 4 members (excludes halogenated alkanes) is 9. The molecule has 0 aliphatic rings. The Morgan fingerprint density at radius 2 is 0.826 bits per heavy atom. The van der Waals surface area contributed by atoms with E-state index in [0.717, 1.165) is 135 Å². The second-order valence-electron chi connectivity index (χ2n) is 18.1. The lowest BCUT2D eigenvalue weighted by atomic mass is 10.1. The molecule has 1 N–H and O–H groups in total. The van der Waals surface area contributed by atoms with Crippen LogP contribution in [0.15, 0.2) is 134 Å². The standard InChI is InChI=1S/C60H95NO8/c1-6-8-10-12-13-14-15-16-17-18-19-20-21-22-23-24-25-26-27-28-29-30-31-32-33-34-35-36-37-38-39-40-41-42-43-44-45-47-49-51-58(63)69-56(54-67-57(62)50-48-46-11-9-7-2)55-68-60(59(64)65)66-53-52-61(3,4)5/h8,10,13-14,16-17,19-20,22-23,25-26,28-29,31-32,34-35,37-38,40-41,56,60H,6-7,9,11-12,15,18,21,24,27,30,33,36,39,42-55H2,1-5H3/p+1/b10-8-,14-13-,17-16-,20-19-,23-22-,26-25-,29-28-,32-31-,35-34-,38-37-,41-40-. The summed E-state index contributed by atoms with van der Waals surface area (Å²) in [6, 6.07) is 0. The number of allylic oxidation sites excluding steroid dienone is 22. The maximum absolute atomic E-state index is 12.7. The van der Waals surface area contributed by atoms with Crippen molar-refractivity contribution >= 4 is 17.9 Å². The molecule has 0 aromatic carbocycles. The van der Waals surface area contributed by atoms with Gasteiger partial charge in [0.1, 0.15) is 13.2 Å². The highest BCUT2D eigenvalue weighted by molar-refractivity contribution is 5.71. The minimum Gasteiger partial charge on any atom is -0.477 e. The Morgan fingerprint density at radius 3 is 1.23 bits per heavy atom. The number of carboxylic acid groups (broad SMARTS) is 1. The van der Waals surface area contributed by atoms with Gasteiger partial charge in [-0.15, -0.1) is 0 Å². The van der Waals surface area contributed by atoms with E-state index < -0.39 is 24.3 Å². The van der Waals surface area contributed by atoms with Crippen molar-refractivity contribution in [1.29, 1.82) is 0 Å². The fraction of sp³-hybridized carbons (Fsp3) is 0.583. The third-order valence-electron chi connectivity index (χ3n) is 10.4. The number of esters is 2. The van der Waals surface area contributed by atoms with Gasteiger partial charge < -0.3 is 28.5 Å². The topological polar surface area (TPSA) is 108 Å². The van der Waals surface area contributed by atoms with Crippen molar-refractivity contribution in [2.75, 3.05) is 47.5 Å². The maximum Gasteiger partial charge on any atom is 0.361 e. The highest BCUT2D eigenvalue weighted by Crippen LogP contribution is 2.12. The minimum atomic E-state index is -1.52. The van der Waals surface area contributed by atoms with Gasteiger partial charge in [-0.3, -0.25) is 9.59 Å². The molecule has 0 aliphatic carbocycles. The molecule has 0 fully saturated rings. The van der Waals surface area contributed by atoms with E-state index in [0.29, 0.717) is 17.4 Å². The van der Waals surface area contributed by atoms with Gasteiger partial charge in [-0.2, -0.15) is 0 Å². The number of quaternary nitrogens is 1. The number of carboxylic acids is 1. The second kappa shape index (κ2) is 49.8. The summed E-state index contributed by atoms with van der Waals surface area (Å²) in [7, 11) is 5.93. The molecule has 388 valence electrons. The number of ether oxygens (including phenoxy) is 4. The minimum absolute atomic E-state index is 0.177. The van der Waals surface area contributed by atoms with E-state index in [1.165, 1.54) is 0 Å². The Morgan fingerprint density at radius 1 is 0.449 bits per heavy atom. The van der Waals surface area contributed by atoms with E-state index in [-0.39, 0.29) is 38.6 Å². The molecule has 0 rings (SSSR count). The molecule has 0 bridgehead atoms. The van der Waals surface area contributed by atoms with Crippen LogP contribution in [0.3, 0.4) is 0 Å². The first-order valence-corrected chi connectivity index (χ1v) is 26.3. The first-order chi connectivity index (χ1) is 33.6. The van der Waals surface area contributed by atoms with Crippen molar-refractivity contribution in [3.05, 3.63) is 134 Å². The number of hydrogen-bond donors (Lipinski definition) is 1. The summed E-state index contributed by atoms with van der Waals surface area (Å²) in [5, 5.41) is 9.60. The van der Waals surface area contributed by atoms with E-state index in [1.807, 2.05) is 21.1 Å². The molecule has 0 aliphatic heterocycles. The molecular formula is C60H96NO8+. The Hall–Kier alpha value is -4.57. The molecule has 9 nitrogen and oxygen atoms in total. The molecule has 0 aromatic heterocycles. The molecule has 0 saturated carbocycles. The van der Waals surface area contributed by atoms with Crippen LogP contribution in [0.25, 0.3) is 0 Å². The van der Waals surface area contributed by atoms with Crippen molar-refractivity contribution in [2.24, 2.45) is 0 Å². The van der Waals surface area contributed by atoms with Crippen LogP contribution >= 0.6 is 0 Å². The summed E-state index contributed by atoms with van der Waals surface area (Å²) in [6.45, 7) is 4.60. The SMILES string of the molecule is CC/C=C\C/C=C\C/C=C\C/C=C\C/C=C\C/C=C\C/C=C\C/C=C\C/C=C\C/C=C\C/C=C\CCCCCCCC(=O)OC(COC(=O)CCCCCCC)COC(OCC[N+](C)(C)C)C(=O)O. The molecule has 0 radical (unpaired) electrons. The van der Waals surface area contributed by atoms with Crippen molar-refractivity contribution in [1.82, 2.24) is 0 Å². The molecular weight excluding hydrogens is 863 g/mol. The van der Waals surface area contributed by atoms with Crippen molar-refractivity contribution in [3.8, 4) is 0 Å². The average Bonchev–Trinajstić information content (AvgIpc) is 3.31. The van der Waals surface area contributed by atoms with Crippen molar-refractivity contribution in [3.63, 3.8) is 0 Å². The van der Waals surface area contributed by atoms with E-state index in [2.05, 4.69) is 148 Å². The maximum atomic E-state index is 12.7. The summed E-state index contributed by atoms with van der Waals surface area (Å²) in [6.07, 6.45) is 68.7. The summed E-state index contributed by atoms with van der Waals surface area (Å²) in [5.41, 5.74) is 0. The van der Waals surface area contributed by atoms with Gasteiger partial charge in [0.05, 0.1) is 34.4 Å². The first kappa shape index (κ1) is 64.4. The molecule has 9 heteroatoms. The summed E-state index contributed by atoms with van der Waals surface area (Å²) in [5.74, 6) is -2.07. The molecule has 69 heavy (non-hydrogen) atoms. The third-order valence-corrected chi connectivity index (χ3v) is 10.4. The summed E-state index contributed by atoms with van der Waals surface area (Å²) in [4.78, 5) is 36.8. The van der Waals surface area contributed by atoms with Crippen molar-refractivity contribution < 1.29 is 42.9 Å². The van der Waals surface area contributed by atoms with Crippen LogP contribution < -0.4 is 0 Å². The predicted molar refractivity (Wildman–Crippen MR) is 290 cm³/mol. The fourth-order valence-corrected chi connectivity index (χ4v) is 6.37. The highest BCUT2D eigenvalue weighted by Gasteiger charge is 2.25. The van der Waals surface area contributed by atoms with Crippen LogP contribution in [0.4, 0.5) is 0 Å². The number of aliphatic carboxylic acids is 1. The van der Waals surface area contributed by atoms with Crippen LogP contribution in [0, 0.1) is 0 Å². The van der Waals surface area contributed by atoms with Crippen LogP contribution in [0.1, 0.15) is 168 Å². The highest BCUT2D eigenvalue weighted by atomic mass is 16.7. The van der Waals surface area contributed by atoms with Gasteiger partial charge in [-0.1, -0.05) is 192 Å². The summed E-state index contributed by atoms with van der Waals surface area (Å²) < 4.78 is 22.5. The Balaban J connectivity index is 4.11. The quantitative estimate of drug-likeness (QED) is 0.0211. The number of nitrogens with zero attached hydrogens (tertiary/aromatic N) is 1. The zero-order valence-electron chi connectivity index (χ0n) is 43.9. The number of carbonyl (C=O) groups excluding carboxylic acids is 2. The van der Waals surface area contributed by atoms with Gasteiger partial charge in [0.25, 0.3) is 6.29 Å². The molecule has 0 spiro atoms. The van der Waals surface area contributed by atoms with Gasteiger partial charge >= 0.3 is 17.9 Å². The first-order valence-electron chi connectivity index (χ1n) is 26.3. The second-order valence-corrected chi connectivity index (χ2v) is 18.1. The molecule has 0 amide bonds. The van der Waals surface area contributed by atoms with Gasteiger partial charge in [0.15, 0.2) is 6.10 Å². The monoisotopic (exact) mass is 959 g/mol. The van der Waals surface area contributed by atoms with Crippen LogP contribution in [0.5, 0.6) is 0 Å². The lowest BCUT2D eigenvalue weighted by Gasteiger charge is -2.25. The lowest BCUT2D eigenvalue weighted by molar-refractivity contribution is -0.870. The van der Waals surface area contributed by atoms with Gasteiger partial charge in [-0.25, -0.2) is 4.79 Å². The molecule has 0 heterocycles. The molecule has 0 saturated heterocycles. The average molecular weight is 959 g/mol. The number of hydrogen-bond acceptors (Lipinski definition) is 7. The van der Waals surface area contributed by atoms with E-state index in [1.54, 1.807) is 0 Å². The molecule has 2 unspecified atom stereocenters. The lowest BCUT2D eigenvalue weighted by Crippen LogP contribution is -2.40. The number of rotatable bonds is 46. The van der Waals surface area contributed by atoms with Gasteiger partial charge in [-0.05, 0) is 96.3 Å². The van der Waals surface area contributed by atoms with Gasteiger partial charge in [0, 0.05) is 12.8 Å². The van der Waals surface area contributed by atoms with E-state index in [4.69, 9.17) is 18.9 Å². The predicted octanol–water partition coefficient (Wildman–Crippen LogP) is 15.1. The molecule has 2 atom stereocenters. The van der Waals surface area contributed by atoms with Gasteiger partial charge in [0.2, 0.25) is 0 Å². The van der Waals surface area contributed by atoms with E-state index >= 15 is 0 Å². The van der Waals surface area contributed by atoms with Crippen LogP contribution in [0.2, 0.25) is 0 Å². The smallest absolute Gasteiger partial charge is 0.361 e.